The zero-order valence-corrected chi connectivity index (χ0v) is 15.1. The second-order valence-electron chi connectivity index (χ2n) is 6.99. The van der Waals surface area contributed by atoms with Crippen LogP contribution in [-0.2, 0) is 11.3 Å². The highest BCUT2D eigenvalue weighted by atomic mass is 32.1. The first kappa shape index (κ1) is 16.7. The molecule has 0 aromatic carbocycles. The van der Waals surface area contributed by atoms with Crippen molar-refractivity contribution in [3.05, 3.63) is 34.1 Å². The Balaban J connectivity index is 1.19. The molecule has 1 atom stereocenters. The zero-order valence-electron chi connectivity index (χ0n) is 14.2. The topological polar surface area (TPSA) is 80.5 Å². The number of amides is 1. The Bertz CT molecular complexity index is 714. The average Bonchev–Trinajstić information content (AvgIpc) is 3.25. The van der Waals surface area contributed by atoms with Crippen LogP contribution >= 0.6 is 11.3 Å². The lowest BCUT2D eigenvalue weighted by Gasteiger charge is -2.52. The lowest BCUT2D eigenvalue weighted by atomic mass is 9.83. The predicted molar refractivity (Wildman–Crippen MR) is 92.4 cm³/mol. The van der Waals surface area contributed by atoms with E-state index in [0.717, 1.165) is 38.2 Å². The van der Waals surface area contributed by atoms with Crippen LogP contribution in [0.25, 0.3) is 0 Å². The van der Waals surface area contributed by atoms with Crippen LogP contribution in [-0.4, -0.2) is 52.8 Å². The minimum Gasteiger partial charge on any atom is -0.372 e. The number of nitrogens with zero attached hydrogens (tertiary/aromatic N) is 3. The van der Waals surface area contributed by atoms with Gasteiger partial charge in [-0.1, -0.05) is 5.16 Å². The average molecular weight is 362 g/mol. The van der Waals surface area contributed by atoms with Gasteiger partial charge in [0.1, 0.15) is 0 Å². The first-order chi connectivity index (χ1) is 12.1. The summed E-state index contributed by atoms with van der Waals surface area (Å²) < 4.78 is 11.0. The van der Waals surface area contributed by atoms with E-state index in [4.69, 9.17) is 9.26 Å². The smallest absolute Gasteiger partial charge is 0.289 e. The number of hydrogen-bond acceptors (Lipinski definition) is 7. The van der Waals surface area contributed by atoms with Crippen molar-refractivity contribution in [1.82, 2.24) is 20.4 Å². The predicted octanol–water partition coefficient (Wildman–Crippen LogP) is 1.85. The maximum atomic E-state index is 11.9. The van der Waals surface area contributed by atoms with Gasteiger partial charge in [0.2, 0.25) is 5.76 Å². The van der Waals surface area contributed by atoms with E-state index in [0.29, 0.717) is 19.1 Å². The summed E-state index contributed by atoms with van der Waals surface area (Å²) >= 11 is 1.72. The summed E-state index contributed by atoms with van der Waals surface area (Å²) in [7, 11) is 0. The molecule has 2 saturated heterocycles. The number of carbonyl (C=O) groups excluding carboxylic acids is 1. The van der Waals surface area contributed by atoms with Crippen molar-refractivity contribution in [2.24, 2.45) is 5.92 Å². The van der Waals surface area contributed by atoms with E-state index in [-0.39, 0.29) is 17.3 Å². The van der Waals surface area contributed by atoms with Crippen LogP contribution in [0.3, 0.4) is 0 Å². The van der Waals surface area contributed by atoms with Gasteiger partial charge in [0, 0.05) is 37.1 Å². The van der Waals surface area contributed by atoms with Crippen molar-refractivity contribution in [3.63, 3.8) is 0 Å². The first-order valence-corrected chi connectivity index (χ1v) is 9.46. The highest BCUT2D eigenvalue weighted by Gasteiger charge is 2.46. The maximum Gasteiger partial charge on any atom is 0.289 e. The molecule has 7 nitrogen and oxygen atoms in total. The number of rotatable bonds is 5. The normalized spacial score (nSPS) is 22.7. The fourth-order valence-electron chi connectivity index (χ4n) is 3.55. The van der Waals surface area contributed by atoms with Gasteiger partial charge in [-0.25, -0.2) is 4.98 Å². The Morgan fingerprint density at radius 1 is 1.52 bits per heavy atom. The van der Waals surface area contributed by atoms with Crippen molar-refractivity contribution in [2.45, 2.75) is 31.9 Å². The molecule has 4 heterocycles. The van der Waals surface area contributed by atoms with Gasteiger partial charge in [0.25, 0.3) is 5.91 Å². The van der Waals surface area contributed by atoms with Gasteiger partial charge in [-0.2, -0.15) is 0 Å². The number of nitrogens with one attached hydrogen (secondary N) is 1. The number of aryl methyl sites for hydroxylation is 1. The summed E-state index contributed by atoms with van der Waals surface area (Å²) in [5, 5.41) is 6.44. The molecule has 2 aromatic rings. The van der Waals surface area contributed by atoms with Crippen LogP contribution in [0, 0.1) is 12.8 Å². The van der Waals surface area contributed by atoms with Crippen molar-refractivity contribution in [2.75, 3.05) is 26.2 Å². The van der Waals surface area contributed by atoms with E-state index < -0.39 is 0 Å². The van der Waals surface area contributed by atoms with Gasteiger partial charge in [-0.3, -0.25) is 9.69 Å². The van der Waals surface area contributed by atoms with E-state index in [2.05, 4.69) is 27.3 Å². The standard InChI is InChI=1S/C17H22N4O3S/c1-12-15(25-11-19-12)7-21-9-17(10-21)4-2-13(8-23-17)6-18-16(22)14-3-5-20-24-14/h3,5,11,13H,2,4,6-10H2,1H3,(H,18,22)/t13-/m1/s1. The molecule has 8 heteroatoms. The Kier molecular flexibility index (Phi) is 4.58. The summed E-state index contributed by atoms with van der Waals surface area (Å²) in [6, 6.07) is 1.56. The molecule has 2 aromatic heterocycles. The number of ether oxygens (including phenoxy) is 1. The van der Waals surface area contributed by atoms with E-state index in [1.807, 2.05) is 5.51 Å². The maximum absolute atomic E-state index is 11.9. The number of aromatic nitrogens is 2. The van der Waals surface area contributed by atoms with E-state index in [1.54, 1.807) is 17.4 Å². The first-order valence-electron chi connectivity index (χ1n) is 8.58. The Morgan fingerprint density at radius 3 is 3.04 bits per heavy atom. The molecule has 0 saturated carbocycles. The Morgan fingerprint density at radius 2 is 2.40 bits per heavy atom. The summed E-state index contributed by atoms with van der Waals surface area (Å²) in [6.45, 7) is 6.32. The number of thiazole rings is 1. The molecule has 0 aliphatic carbocycles. The van der Waals surface area contributed by atoms with Gasteiger partial charge < -0.3 is 14.6 Å². The van der Waals surface area contributed by atoms with Crippen LogP contribution in [0.1, 0.15) is 34.0 Å². The molecular formula is C17H22N4O3S. The van der Waals surface area contributed by atoms with Crippen LogP contribution in [0.2, 0.25) is 0 Å². The molecule has 4 rings (SSSR count). The van der Waals surface area contributed by atoms with Crippen LogP contribution < -0.4 is 5.32 Å². The van der Waals surface area contributed by atoms with E-state index in [9.17, 15) is 4.79 Å². The minimum atomic E-state index is -0.215. The molecule has 2 aliphatic rings. The third-order valence-electron chi connectivity index (χ3n) is 5.08. The summed E-state index contributed by atoms with van der Waals surface area (Å²) in [5.74, 6) is 0.393. The third-order valence-corrected chi connectivity index (χ3v) is 6.00. The molecule has 0 unspecified atom stereocenters. The fourth-order valence-corrected chi connectivity index (χ4v) is 4.36. The molecular weight excluding hydrogens is 340 g/mol. The van der Waals surface area contributed by atoms with Crippen molar-refractivity contribution in [3.8, 4) is 0 Å². The van der Waals surface area contributed by atoms with Crippen LogP contribution in [0.4, 0.5) is 0 Å². The van der Waals surface area contributed by atoms with Gasteiger partial charge in [0.05, 0.1) is 29.6 Å². The molecule has 1 spiro atoms. The van der Waals surface area contributed by atoms with Gasteiger partial charge in [0.15, 0.2) is 0 Å². The number of hydrogen-bond donors (Lipinski definition) is 1. The quantitative estimate of drug-likeness (QED) is 0.874. The Hall–Kier alpha value is -1.77. The zero-order chi connectivity index (χ0) is 17.3. The second-order valence-corrected chi connectivity index (χ2v) is 7.93. The fraction of sp³-hybridized carbons (Fsp3) is 0.588. The monoisotopic (exact) mass is 362 g/mol. The lowest BCUT2D eigenvalue weighted by molar-refractivity contribution is -0.181. The molecule has 0 radical (unpaired) electrons. The van der Waals surface area contributed by atoms with Gasteiger partial charge >= 0.3 is 0 Å². The SMILES string of the molecule is Cc1ncsc1CN1CC2(CC[C@H](CNC(=O)c3ccno3)CO2)C1. The number of likely N-dealkylation sites (tertiary alicyclic amines) is 1. The summed E-state index contributed by atoms with van der Waals surface area (Å²) in [6.07, 6.45) is 3.59. The molecule has 0 bridgehead atoms. The molecule has 25 heavy (non-hydrogen) atoms. The molecule has 1 amide bonds. The highest BCUT2D eigenvalue weighted by Crippen LogP contribution is 2.37. The summed E-state index contributed by atoms with van der Waals surface area (Å²) in [5.41, 5.74) is 3.07. The van der Waals surface area contributed by atoms with Gasteiger partial charge in [-0.15, -0.1) is 11.3 Å². The molecule has 2 aliphatic heterocycles. The largest absolute Gasteiger partial charge is 0.372 e. The molecule has 2 fully saturated rings. The van der Waals surface area contributed by atoms with Crippen molar-refractivity contribution in [1.29, 1.82) is 0 Å². The van der Waals surface area contributed by atoms with Crippen molar-refractivity contribution >= 4 is 17.2 Å². The molecule has 1 N–H and O–H groups in total. The van der Waals surface area contributed by atoms with Gasteiger partial charge in [-0.05, 0) is 25.7 Å². The van der Waals surface area contributed by atoms with E-state index in [1.165, 1.54) is 11.1 Å². The van der Waals surface area contributed by atoms with Crippen molar-refractivity contribution < 1.29 is 14.1 Å². The highest BCUT2D eigenvalue weighted by molar-refractivity contribution is 7.09. The summed E-state index contributed by atoms with van der Waals surface area (Å²) in [4.78, 5) is 19.9. The van der Waals surface area contributed by atoms with Crippen LogP contribution in [0.5, 0.6) is 0 Å². The minimum absolute atomic E-state index is 0.0179. The molecule has 134 valence electrons. The third kappa shape index (κ3) is 3.61. The number of carbonyl (C=O) groups is 1. The van der Waals surface area contributed by atoms with E-state index >= 15 is 0 Å². The second kappa shape index (κ2) is 6.86. The van der Waals surface area contributed by atoms with Crippen LogP contribution in [0.15, 0.2) is 22.3 Å². The lowest BCUT2D eigenvalue weighted by Crippen LogP contribution is -2.64. The Labute approximate surface area is 150 Å².